The second kappa shape index (κ2) is 27.7. The summed E-state index contributed by atoms with van der Waals surface area (Å²) in [7, 11) is -6.51. The largest absolute Gasteiger partial charge is 2.00 e. The average Bonchev–Trinajstić information content (AvgIpc) is 3.04. The number of ether oxygens (including phenoxy) is 2. The predicted molar refractivity (Wildman–Crippen MR) is 181 cm³/mol. The smallest absolute Gasteiger partial charge is 0.870 e. The number of para-hydroxylation sites is 4. The summed E-state index contributed by atoms with van der Waals surface area (Å²) >= 11 is 0. The van der Waals surface area contributed by atoms with Crippen LogP contribution < -0.4 is 19.7 Å². The molecule has 4 rings (SSSR count). The summed E-state index contributed by atoms with van der Waals surface area (Å²) in [5.41, 5.74) is 0.421. The normalized spacial score (nSPS) is 10.2. The predicted octanol–water partition coefficient (Wildman–Crippen LogP) is 1.19. The molecule has 0 aliphatic carbocycles. The number of hydrogen-bond acceptors (Lipinski definition) is 14. The first-order chi connectivity index (χ1) is 22.7. The summed E-state index contributed by atoms with van der Waals surface area (Å²) in [6.45, 7) is 3.86. The van der Waals surface area contributed by atoms with Crippen LogP contribution in [0.3, 0.4) is 0 Å². The summed E-state index contributed by atoms with van der Waals surface area (Å²) < 4.78 is 76.5. The molecule has 0 fully saturated rings. The molecule has 4 aromatic rings. The van der Waals surface area contributed by atoms with Crippen LogP contribution >= 0.6 is 0 Å². The zero-order chi connectivity index (χ0) is 36.3. The van der Waals surface area contributed by atoms with Crippen molar-refractivity contribution in [2.45, 2.75) is 23.6 Å². The second-order valence-electron chi connectivity index (χ2n) is 8.75. The van der Waals surface area contributed by atoms with Crippen LogP contribution in [0.1, 0.15) is 25.0 Å². The molecule has 2 radical (unpaired) electrons. The fourth-order valence-corrected chi connectivity index (χ4v) is 4.66. The topological polar surface area (TPSA) is 307 Å². The molecular weight excluding hydrogens is 828 g/mol. The van der Waals surface area contributed by atoms with Crippen molar-refractivity contribution in [1.82, 2.24) is 0 Å². The van der Waals surface area contributed by atoms with Crippen molar-refractivity contribution in [3.05, 3.63) is 96.1 Å². The third-order valence-electron chi connectivity index (χ3n) is 5.41. The van der Waals surface area contributed by atoms with Crippen LogP contribution in [-0.2, 0) is 54.4 Å². The van der Waals surface area contributed by atoms with Gasteiger partial charge in [-0.15, -0.1) is 0 Å². The van der Waals surface area contributed by atoms with Crippen LogP contribution in [0.25, 0.3) is 0 Å². The van der Waals surface area contributed by atoms with Crippen molar-refractivity contribution in [3.63, 3.8) is 0 Å². The van der Waals surface area contributed by atoms with Crippen molar-refractivity contribution in [3.8, 4) is 23.0 Å². The number of aliphatic imine (C=N–C) groups is 2. The van der Waals surface area contributed by atoms with Gasteiger partial charge >= 0.3 is 34.1 Å². The van der Waals surface area contributed by atoms with Gasteiger partial charge in [-0.05, 0) is 61.4 Å². The van der Waals surface area contributed by atoms with Crippen LogP contribution in [0.2, 0.25) is 0 Å². The summed E-state index contributed by atoms with van der Waals surface area (Å²) in [4.78, 5) is 6.97. The van der Waals surface area contributed by atoms with Gasteiger partial charge in [-0.3, -0.25) is 9.98 Å². The van der Waals surface area contributed by atoms with E-state index in [2.05, 4.69) is 9.98 Å². The van der Waals surface area contributed by atoms with Gasteiger partial charge in [0, 0.05) is 25.6 Å². The zero-order valence-corrected chi connectivity index (χ0v) is 31.5. The van der Waals surface area contributed by atoms with E-state index >= 15 is 0 Å². The minimum atomic E-state index is -4.63. The molecule has 0 unspecified atom stereocenters. The van der Waals surface area contributed by atoms with Crippen molar-refractivity contribution >= 4 is 44.0 Å². The third kappa shape index (κ3) is 18.1. The molecule has 0 spiro atoms. The SMILES string of the molecule is CCO.CCO.COc1cccc(C=Nc2ccccc2S(=O)(=O)[O-])c1[O-].COc1cccc(C=Nc2ccccc2S(=O)(=O)[O-])c1[O-].O.O.[Cu+2].[Cu+2]. The fourth-order valence-electron chi connectivity index (χ4n) is 3.42. The Morgan fingerprint density at radius 2 is 0.885 bits per heavy atom. The van der Waals surface area contributed by atoms with Crippen molar-refractivity contribution in [2.24, 2.45) is 9.98 Å². The summed E-state index contributed by atoms with van der Waals surface area (Å²) in [5.74, 6) is -0.426. The molecule has 0 aromatic heterocycles. The molecular formula is C32H38Cu2N2O14S2. The fraction of sp³-hybridized carbons (Fsp3) is 0.188. The number of nitrogens with zero attached hydrogens (tertiary/aromatic N) is 2. The van der Waals surface area contributed by atoms with Crippen molar-refractivity contribution < 1.29 is 101 Å². The maximum absolute atomic E-state index is 11.9. The Morgan fingerprint density at radius 3 is 1.15 bits per heavy atom. The molecule has 4 aromatic carbocycles. The number of aliphatic hydroxyl groups is 2. The number of methoxy groups -OCH3 is 2. The Labute approximate surface area is 323 Å². The molecule has 0 heterocycles. The van der Waals surface area contributed by atoms with Gasteiger partial charge in [0.15, 0.2) is 0 Å². The first kappa shape index (κ1) is 54.9. The quantitative estimate of drug-likeness (QED) is 0.143. The molecule has 0 saturated heterocycles. The van der Waals surface area contributed by atoms with Crippen LogP contribution in [0, 0.1) is 0 Å². The van der Waals surface area contributed by atoms with E-state index in [4.69, 9.17) is 19.7 Å². The molecule has 6 N–H and O–H groups in total. The molecule has 0 bridgehead atoms. The van der Waals surface area contributed by atoms with E-state index in [9.17, 15) is 36.2 Å². The van der Waals surface area contributed by atoms with Crippen LogP contribution in [0.4, 0.5) is 11.4 Å². The maximum Gasteiger partial charge on any atom is 2.00 e. The van der Waals surface area contributed by atoms with E-state index in [-0.39, 0.29) is 104 Å². The molecule has 52 heavy (non-hydrogen) atoms. The standard InChI is InChI=1S/2C14H13NO5S.2C2H6O.2Cu.2H2O/c2*1-20-12-7-4-5-10(14(12)16)9-15-11-6-2-3-8-13(11)21(17,18)19;2*1-2-3;;;;/h2*2-9,16H,1H3,(H,17,18,19);2*3H,2H2,1H3;;;2*1H2/q;;;;2*+2;;/p-4. The van der Waals surface area contributed by atoms with Gasteiger partial charge in [-0.25, -0.2) is 16.8 Å². The Morgan fingerprint density at radius 1 is 0.596 bits per heavy atom. The van der Waals surface area contributed by atoms with Crippen LogP contribution in [-0.4, -0.2) is 87.0 Å². The molecule has 0 aliphatic heterocycles. The summed E-state index contributed by atoms with van der Waals surface area (Å²) in [6.07, 6.45) is 2.41. The van der Waals surface area contributed by atoms with Gasteiger partial charge < -0.3 is 50.0 Å². The second-order valence-corrected chi connectivity index (χ2v) is 11.4. The molecule has 20 heteroatoms. The number of aliphatic hydroxyl groups excluding tert-OH is 2. The van der Waals surface area contributed by atoms with E-state index in [1.54, 1.807) is 38.1 Å². The van der Waals surface area contributed by atoms with E-state index in [1.807, 2.05) is 0 Å². The van der Waals surface area contributed by atoms with E-state index < -0.39 is 30.0 Å². The third-order valence-corrected chi connectivity index (χ3v) is 7.18. The minimum absolute atomic E-state index is 0. The Kier molecular flexibility index (Phi) is 29.3. The molecule has 0 atom stereocenters. The molecule has 0 aliphatic rings. The summed E-state index contributed by atoms with van der Waals surface area (Å²) in [6, 6.07) is 20.3. The first-order valence-electron chi connectivity index (χ1n) is 13.8. The monoisotopic (exact) mass is 864 g/mol. The first-order valence-corrected chi connectivity index (χ1v) is 16.6. The van der Waals surface area contributed by atoms with Gasteiger partial charge in [0.25, 0.3) is 0 Å². The van der Waals surface area contributed by atoms with Gasteiger partial charge in [-0.1, -0.05) is 60.0 Å². The number of benzene rings is 4. The van der Waals surface area contributed by atoms with Gasteiger partial charge in [-0.2, -0.15) is 0 Å². The van der Waals surface area contributed by atoms with Gasteiger partial charge in [0.2, 0.25) is 0 Å². The van der Waals surface area contributed by atoms with Gasteiger partial charge in [0.1, 0.15) is 31.7 Å². The van der Waals surface area contributed by atoms with E-state index in [0.717, 1.165) is 0 Å². The van der Waals surface area contributed by atoms with Gasteiger partial charge in [0.05, 0.1) is 35.4 Å². The number of rotatable bonds is 8. The maximum atomic E-state index is 11.9. The Hall–Kier alpha value is -3.88. The van der Waals surface area contributed by atoms with Crippen molar-refractivity contribution in [1.29, 1.82) is 0 Å². The van der Waals surface area contributed by atoms with Crippen LogP contribution in [0.5, 0.6) is 23.0 Å². The summed E-state index contributed by atoms with van der Waals surface area (Å²) in [5, 5.41) is 39.0. The Balaban J connectivity index is -0.000000360. The average molecular weight is 866 g/mol. The molecule has 0 amide bonds. The van der Waals surface area contributed by atoms with Crippen molar-refractivity contribution in [2.75, 3.05) is 27.4 Å². The van der Waals surface area contributed by atoms with E-state index in [0.29, 0.717) is 0 Å². The molecule has 294 valence electrons. The molecule has 0 saturated carbocycles. The Bertz CT molecular complexity index is 1760. The number of hydrogen-bond donors (Lipinski definition) is 2. The minimum Gasteiger partial charge on any atom is -0.870 e. The van der Waals surface area contributed by atoms with Crippen LogP contribution in [0.15, 0.2) is 105 Å². The zero-order valence-electron chi connectivity index (χ0n) is 27.9. The van der Waals surface area contributed by atoms with E-state index in [1.165, 1.54) is 87.3 Å². The molecule has 16 nitrogen and oxygen atoms in total.